The van der Waals surface area contributed by atoms with Crippen molar-refractivity contribution in [3.8, 4) is 0 Å². The first kappa shape index (κ1) is 20.2. The highest BCUT2D eigenvalue weighted by molar-refractivity contribution is 6.70. The topological polar surface area (TPSA) is 66.4 Å². The number of hydrogen-bond donors (Lipinski definition) is 1. The zero-order chi connectivity index (χ0) is 17.1. The summed E-state index contributed by atoms with van der Waals surface area (Å²) in [6, 6.07) is 0. The summed E-state index contributed by atoms with van der Waals surface area (Å²) in [5.74, 6) is 0. The van der Waals surface area contributed by atoms with E-state index in [0.29, 0.717) is 6.61 Å². The fourth-order valence-electron chi connectivity index (χ4n) is 2.54. The third kappa shape index (κ3) is 6.01. The first-order valence-corrected chi connectivity index (χ1v) is 14.5. The van der Waals surface area contributed by atoms with Crippen LogP contribution in [0, 0.1) is 0 Å². The van der Waals surface area contributed by atoms with E-state index in [9.17, 15) is 5.11 Å². The van der Waals surface area contributed by atoms with Gasteiger partial charge in [0, 0.05) is 14.2 Å². The lowest BCUT2D eigenvalue weighted by Gasteiger charge is -2.47. The summed E-state index contributed by atoms with van der Waals surface area (Å²) in [7, 11) is -0.524. The van der Waals surface area contributed by atoms with Gasteiger partial charge in [-0.05, 0) is 39.3 Å². The van der Waals surface area contributed by atoms with Gasteiger partial charge in [-0.15, -0.1) is 0 Å². The van der Waals surface area contributed by atoms with Crippen LogP contribution in [0.3, 0.4) is 0 Å². The van der Waals surface area contributed by atoms with Crippen LogP contribution in [0.5, 0.6) is 0 Å². The number of aliphatic hydroxyl groups is 1. The number of rotatable bonds is 7. The van der Waals surface area contributed by atoms with Crippen LogP contribution in [0.25, 0.3) is 0 Å². The van der Waals surface area contributed by atoms with Crippen LogP contribution in [0.15, 0.2) is 0 Å². The van der Waals surface area contributed by atoms with Gasteiger partial charge in [0.1, 0.15) is 24.4 Å². The van der Waals surface area contributed by atoms with Gasteiger partial charge in [0.15, 0.2) is 22.9 Å². The van der Waals surface area contributed by atoms with Crippen LogP contribution in [0.2, 0.25) is 39.3 Å². The quantitative estimate of drug-likeness (QED) is 0.705. The molecule has 8 heteroatoms. The predicted molar refractivity (Wildman–Crippen MR) is 90.0 cm³/mol. The smallest absolute Gasteiger partial charge is 0.184 e. The maximum absolute atomic E-state index is 10.2. The molecule has 1 saturated heterocycles. The molecular weight excluding hydrogens is 320 g/mol. The molecule has 0 radical (unpaired) electrons. The van der Waals surface area contributed by atoms with E-state index in [0.717, 1.165) is 0 Å². The minimum Gasteiger partial charge on any atom is -0.409 e. The van der Waals surface area contributed by atoms with Gasteiger partial charge in [0.25, 0.3) is 0 Å². The lowest BCUT2D eigenvalue weighted by molar-refractivity contribution is -0.286. The maximum atomic E-state index is 10.2. The molecule has 1 aliphatic rings. The van der Waals surface area contributed by atoms with Crippen molar-refractivity contribution in [1.82, 2.24) is 0 Å². The van der Waals surface area contributed by atoms with Crippen molar-refractivity contribution in [2.75, 3.05) is 20.8 Å². The Kier molecular flexibility index (Phi) is 7.22. The van der Waals surface area contributed by atoms with Crippen molar-refractivity contribution in [2.45, 2.75) is 70.0 Å². The molecular formula is C14H32O6Si2. The second-order valence-electron chi connectivity index (χ2n) is 7.61. The highest BCUT2D eigenvalue weighted by Crippen LogP contribution is 2.31. The third-order valence-corrected chi connectivity index (χ3v) is 5.15. The molecule has 0 aromatic heterocycles. The second-order valence-corrected chi connectivity index (χ2v) is 16.5. The van der Waals surface area contributed by atoms with Gasteiger partial charge in [-0.2, -0.15) is 0 Å². The van der Waals surface area contributed by atoms with Crippen molar-refractivity contribution >= 4 is 16.6 Å². The summed E-state index contributed by atoms with van der Waals surface area (Å²) < 4.78 is 29.0. The van der Waals surface area contributed by atoms with Crippen LogP contribution >= 0.6 is 0 Å². The monoisotopic (exact) mass is 352 g/mol. The zero-order valence-corrected chi connectivity index (χ0v) is 17.1. The molecule has 1 unspecified atom stereocenters. The van der Waals surface area contributed by atoms with E-state index < -0.39 is 29.0 Å². The third-order valence-electron chi connectivity index (χ3n) is 3.19. The Morgan fingerprint density at radius 3 is 1.77 bits per heavy atom. The van der Waals surface area contributed by atoms with Gasteiger partial charge in [0.05, 0.1) is 6.61 Å². The van der Waals surface area contributed by atoms with E-state index in [1.54, 1.807) is 14.2 Å². The highest BCUT2D eigenvalue weighted by atomic mass is 28.4. The van der Waals surface area contributed by atoms with Gasteiger partial charge in [0.2, 0.25) is 0 Å². The van der Waals surface area contributed by atoms with Crippen molar-refractivity contribution < 1.29 is 28.2 Å². The van der Waals surface area contributed by atoms with Crippen LogP contribution in [-0.4, -0.2) is 73.3 Å². The summed E-state index contributed by atoms with van der Waals surface area (Å²) in [6.45, 7) is 13.0. The first-order chi connectivity index (χ1) is 9.98. The SMILES string of the molecule is COC[C@H]1OC(O)[C@H](OC)[C@@H](O[Si](C)(C)C)[C@H]1O[Si](C)(C)C. The molecule has 0 aromatic rings. The van der Waals surface area contributed by atoms with E-state index >= 15 is 0 Å². The number of ether oxygens (including phenoxy) is 3. The second kappa shape index (κ2) is 7.84. The molecule has 0 bridgehead atoms. The highest BCUT2D eigenvalue weighted by Gasteiger charge is 2.49. The molecule has 0 saturated carbocycles. The molecule has 0 spiro atoms. The normalized spacial score (nSPS) is 34.0. The van der Waals surface area contributed by atoms with Gasteiger partial charge in [-0.25, -0.2) is 0 Å². The van der Waals surface area contributed by atoms with E-state index in [1.165, 1.54) is 0 Å². The molecule has 1 N–H and O–H groups in total. The lowest BCUT2D eigenvalue weighted by atomic mass is 9.99. The molecule has 1 aliphatic heterocycles. The summed E-state index contributed by atoms with van der Waals surface area (Å²) in [5, 5.41) is 10.2. The molecule has 0 aromatic carbocycles. The van der Waals surface area contributed by atoms with Crippen LogP contribution in [0.1, 0.15) is 0 Å². The van der Waals surface area contributed by atoms with E-state index in [2.05, 4.69) is 39.3 Å². The Morgan fingerprint density at radius 1 is 0.864 bits per heavy atom. The van der Waals surface area contributed by atoms with Crippen LogP contribution < -0.4 is 0 Å². The predicted octanol–water partition coefficient (Wildman–Crippen LogP) is 1.81. The summed E-state index contributed by atoms with van der Waals surface area (Å²) in [4.78, 5) is 0. The van der Waals surface area contributed by atoms with Gasteiger partial charge in [-0.3, -0.25) is 0 Å². The van der Waals surface area contributed by atoms with E-state index in [1.807, 2.05) is 0 Å². The molecule has 5 atom stereocenters. The van der Waals surface area contributed by atoms with Crippen molar-refractivity contribution in [1.29, 1.82) is 0 Å². The number of methoxy groups -OCH3 is 2. The fourth-order valence-corrected chi connectivity index (χ4v) is 4.72. The Hall–Kier alpha value is 0.194. The van der Waals surface area contributed by atoms with Crippen LogP contribution in [-0.2, 0) is 23.1 Å². The van der Waals surface area contributed by atoms with Crippen molar-refractivity contribution in [3.05, 3.63) is 0 Å². The molecule has 1 rings (SSSR count). The number of hydrogen-bond acceptors (Lipinski definition) is 6. The Balaban J connectivity index is 3.09. The first-order valence-electron chi connectivity index (χ1n) is 7.69. The molecule has 132 valence electrons. The average molecular weight is 353 g/mol. The standard InChI is InChI=1S/C14H32O6Si2/c1-16-9-10-11(19-21(3,4)5)12(20-22(6,7)8)13(17-2)14(15)18-10/h10-15H,9H2,1-8H3/t10-,11+,12+,13-,14?/m1/s1. The average Bonchev–Trinajstić information content (AvgIpc) is 2.31. The molecule has 0 amide bonds. The summed E-state index contributed by atoms with van der Waals surface area (Å²) in [6.07, 6.45) is -2.67. The molecule has 1 fully saturated rings. The largest absolute Gasteiger partial charge is 0.409 e. The minimum atomic E-state index is -1.85. The molecule has 6 nitrogen and oxygen atoms in total. The zero-order valence-electron chi connectivity index (χ0n) is 15.1. The van der Waals surface area contributed by atoms with E-state index in [-0.39, 0.29) is 18.3 Å². The fraction of sp³-hybridized carbons (Fsp3) is 1.00. The van der Waals surface area contributed by atoms with Crippen LogP contribution in [0.4, 0.5) is 0 Å². The Labute approximate surface area is 136 Å². The van der Waals surface area contributed by atoms with Gasteiger partial charge < -0.3 is 28.2 Å². The summed E-state index contributed by atoms with van der Waals surface area (Å²) in [5.41, 5.74) is 0. The number of aliphatic hydroxyl groups excluding tert-OH is 1. The molecule has 0 aliphatic carbocycles. The summed E-state index contributed by atoms with van der Waals surface area (Å²) >= 11 is 0. The maximum Gasteiger partial charge on any atom is 0.184 e. The minimum absolute atomic E-state index is 0.313. The Bertz CT molecular complexity index is 341. The van der Waals surface area contributed by atoms with E-state index in [4.69, 9.17) is 23.1 Å². The van der Waals surface area contributed by atoms with Gasteiger partial charge >= 0.3 is 0 Å². The lowest BCUT2D eigenvalue weighted by Crippen LogP contribution is -2.64. The van der Waals surface area contributed by atoms with Crippen molar-refractivity contribution in [2.24, 2.45) is 0 Å². The molecule has 22 heavy (non-hydrogen) atoms. The Morgan fingerprint density at radius 2 is 1.36 bits per heavy atom. The molecule has 1 heterocycles. The van der Waals surface area contributed by atoms with Crippen molar-refractivity contribution in [3.63, 3.8) is 0 Å². The van der Waals surface area contributed by atoms with Gasteiger partial charge in [-0.1, -0.05) is 0 Å².